The molecule has 6 nitrogen and oxygen atoms in total. The molecule has 0 radical (unpaired) electrons. The van der Waals surface area contributed by atoms with E-state index in [0.29, 0.717) is 31.2 Å². The van der Waals surface area contributed by atoms with Crippen LogP contribution in [0, 0.1) is 5.92 Å². The topological polar surface area (TPSA) is 60.6 Å². The lowest BCUT2D eigenvalue weighted by atomic mass is 9.99. The van der Waals surface area contributed by atoms with E-state index in [1.54, 1.807) is 10.8 Å². The molecular weight excluding hydrogens is 321 g/mol. The molecule has 0 fully saturated rings. The largest absolute Gasteiger partial charge is 0.393 e. The van der Waals surface area contributed by atoms with Crippen molar-refractivity contribution in [3.63, 3.8) is 0 Å². The fraction of sp³-hybridized carbons (Fsp3) is 0.667. The van der Waals surface area contributed by atoms with Crippen LogP contribution in [-0.2, 0) is 32.6 Å². The number of hydrogen-bond donors (Lipinski definition) is 1. The Kier molecular flexibility index (Phi) is 4.88. The van der Waals surface area contributed by atoms with Crippen molar-refractivity contribution in [1.29, 1.82) is 0 Å². The number of halogens is 3. The first-order chi connectivity index (χ1) is 11.5. The summed E-state index contributed by atoms with van der Waals surface area (Å²) in [7, 11) is 0. The summed E-state index contributed by atoms with van der Waals surface area (Å²) < 4.78 is 42.3. The molecule has 0 unspecified atom stereocenters. The molecule has 1 atom stereocenters. The first-order valence-electron chi connectivity index (χ1n) is 8.17. The molecule has 3 heterocycles. The molecular formula is C15H21F3N6. The molecule has 0 amide bonds. The van der Waals surface area contributed by atoms with E-state index < -0.39 is 12.1 Å². The van der Waals surface area contributed by atoms with Crippen molar-refractivity contribution in [2.45, 2.75) is 58.5 Å². The number of nitrogens with zero attached hydrogens (tertiary/aromatic N) is 5. The molecule has 1 N–H and O–H groups in total. The lowest BCUT2D eigenvalue weighted by Crippen LogP contribution is -2.33. The Bertz CT molecular complexity index is 675. The standard InChI is InChI=1S/C15H21F3N6/c1-2-5-23-9-11(7-20-23)6-19-8-14-22-21-13-4-3-12(10-24(13)14)15(16,17)18/h7,9,12,19H,2-6,8,10H2,1H3/t12-/m0/s1. The maximum atomic E-state index is 12.9. The van der Waals surface area contributed by atoms with Gasteiger partial charge in [-0.1, -0.05) is 6.92 Å². The fourth-order valence-corrected chi connectivity index (χ4v) is 2.95. The molecule has 0 spiro atoms. The minimum absolute atomic E-state index is 0.0860. The van der Waals surface area contributed by atoms with Crippen molar-refractivity contribution in [3.8, 4) is 0 Å². The molecule has 24 heavy (non-hydrogen) atoms. The zero-order valence-electron chi connectivity index (χ0n) is 13.6. The van der Waals surface area contributed by atoms with E-state index in [9.17, 15) is 13.2 Å². The van der Waals surface area contributed by atoms with Crippen molar-refractivity contribution in [2.24, 2.45) is 5.92 Å². The monoisotopic (exact) mass is 342 g/mol. The van der Waals surface area contributed by atoms with Crippen LogP contribution in [0.4, 0.5) is 13.2 Å². The summed E-state index contributed by atoms with van der Waals surface area (Å²) in [6, 6.07) is 0. The first-order valence-corrected chi connectivity index (χ1v) is 8.17. The number of nitrogens with one attached hydrogen (secondary N) is 1. The zero-order chi connectivity index (χ0) is 17.2. The lowest BCUT2D eigenvalue weighted by Gasteiger charge is -2.26. The average Bonchev–Trinajstić information content (AvgIpc) is 3.14. The smallest absolute Gasteiger partial charge is 0.313 e. The van der Waals surface area contributed by atoms with Crippen LogP contribution >= 0.6 is 0 Å². The Labute approximate surface area is 138 Å². The quantitative estimate of drug-likeness (QED) is 0.875. The van der Waals surface area contributed by atoms with Gasteiger partial charge in [-0.05, 0) is 12.8 Å². The van der Waals surface area contributed by atoms with Gasteiger partial charge < -0.3 is 9.88 Å². The van der Waals surface area contributed by atoms with Crippen LogP contribution < -0.4 is 5.32 Å². The number of aromatic nitrogens is 5. The third kappa shape index (κ3) is 3.77. The van der Waals surface area contributed by atoms with Gasteiger partial charge in [0.05, 0.1) is 18.7 Å². The molecule has 2 aromatic heterocycles. The zero-order valence-corrected chi connectivity index (χ0v) is 13.6. The Morgan fingerprint density at radius 1 is 1.29 bits per heavy atom. The van der Waals surface area contributed by atoms with Gasteiger partial charge in [-0.25, -0.2) is 0 Å². The van der Waals surface area contributed by atoms with Gasteiger partial charge in [-0.2, -0.15) is 18.3 Å². The minimum atomic E-state index is -4.17. The van der Waals surface area contributed by atoms with Gasteiger partial charge in [-0.3, -0.25) is 4.68 Å². The molecule has 1 aliphatic rings. The highest BCUT2D eigenvalue weighted by Crippen LogP contribution is 2.34. The molecule has 3 rings (SSSR count). The van der Waals surface area contributed by atoms with E-state index in [1.165, 1.54) is 0 Å². The van der Waals surface area contributed by atoms with Gasteiger partial charge in [0.1, 0.15) is 11.6 Å². The van der Waals surface area contributed by atoms with E-state index in [0.717, 1.165) is 18.5 Å². The van der Waals surface area contributed by atoms with Gasteiger partial charge in [-0.15, -0.1) is 10.2 Å². The molecule has 9 heteroatoms. The Hall–Kier alpha value is -1.90. The normalized spacial score (nSPS) is 17.9. The number of rotatable bonds is 6. The lowest BCUT2D eigenvalue weighted by molar-refractivity contribution is -0.182. The summed E-state index contributed by atoms with van der Waals surface area (Å²) in [5.41, 5.74) is 1.04. The summed E-state index contributed by atoms with van der Waals surface area (Å²) in [5, 5.41) is 15.5. The molecule has 132 valence electrons. The summed E-state index contributed by atoms with van der Waals surface area (Å²) in [5.74, 6) is -0.116. The highest BCUT2D eigenvalue weighted by atomic mass is 19.4. The molecule has 0 aliphatic carbocycles. The maximum Gasteiger partial charge on any atom is 0.393 e. The van der Waals surface area contributed by atoms with Crippen LogP contribution in [0.15, 0.2) is 12.4 Å². The molecule has 0 saturated carbocycles. The van der Waals surface area contributed by atoms with Gasteiger partial charge in [0.15, 0.2) is 0 Å². The number of fused-ring (bicyclic) bond motifs is 1. The Balaban J connectivity index is 1.58. The van der Waals surface area contributed by atoms with Gasteiger partial charge in [0.25, 0.3) is 0 Å². The second kappa shape index (κ2) is 6.92. The maximum absolute atomic E-state index is 12.9. The van der Waals surface area contributed by atoms with Crippen LogP contribution in [0.1, 0.15) is 37.0 Å². The van der Waals surface area contributed by atoms with Gasteiger partial charge in [0, 0.05) is 37.8 Å². The van der Waals surface area contributed by atoms with Crippen molar-refractivity contribution in [1.82, 2.24) is 29.9 Å². The molecule has 0 saturated heterocycles. The minimum Gasteiger partial charge on any atom is -0.313 e. The Morgan fingerprint density at radius 3 is 2.88 bits per heavy atom. The summed E-state index contributed by atoms with van der Waals surface area (Å²) in [4.78, 5) is 0. The second-order valence-electron chi connectivity index (χ2n) is 6.14. The van der Waals surface area contributed by atoms with E-state index in [4.69, 9.17) is 0 Å². The van der Waals surface area contributed by atoms with E-state index in [2.05, 4.69) is 27.5 Å². The van der Waals surface area contributed by atoms with Gasteiger partial charge in [0.2, 0.25) is 0 Å². The number of hydrogen-bond acceptors (Lipinski definition) is 4. The predicted molar refractivity (Wildman–Crippen MR) is 80.9 cm³/mol. The third-order valence-corrected chi connectivity index (χ3v) is 4.24. The highest BCUT2D eigenvalue weighted by molar-refractivity contribution is 5.05. The molecule has 2 aromatic rings. The van der Waals surface area contributed by atoms with Gasteiger partial charge >= 0.3 is 6.18 Å². The predicted octanol–water partition coefficient (Wildman–Crippen LogP) is 2.30. The molecule has 0 bridgehead atoms. The van der Waals surface area contributed by atoms with E-state index >= 15 is 0 Å². The van der Waals surface area contributed by atoms with Crippen molar-refractivity contribution in [2.75, 3.05) is 0 Å². The first kappa shape index (κ1) is 16.9. The van der Waals surface area contributed by atoms with Crippen molar-refractivity contribution < 1.29 is 13.2 Å². The summed E-state index contributed by atoms with van der Waals surface area (Å²) >= 11 is 0. The number of alkyl halides is 3. The van der Waals surface area contributed by atoms with Crippen LogP contribution in [0.3, 0.4) is 0 Å². The highest BCUT2D eigenvalue weighted by Gasteiger charge is 2.42. The van der Waals surface area contributed by atoms with Crippen molar-refractivity contribution in [3.05, 3.63) is 29.6 Å². The van der Waals surface area contributed by atoms with Crippen molar-refractivity contribution >= 4 is 0 Å². The summed E-state index contributed by atoms with van der Waals surface area (Å²) in [6.07, 6.45) is 1.02. The molecule has 1 aliphatic heterocycles. The summed E-state index contributed by atoms with van der Waals surface area (Å²) in [6.45, 7) is 3.85. The van der Waals surface area contributed by atoms with Crippen LogP contribution in [-0.4, -0.2) is 30.7 Å². The third-order valence-electron chi connectivity index (χ3n) is 4.24. The van der Waals surface area contributed by atoms with Crippen LogP contribution in [0.25, 0.3) is 0 Å². The second-order valence-corrected chi connectivity index (χ2v) is 6.14. The SMILES string of the molecule is CCCn1cc(CNCc2nnc3n2C[C@@H](C(F)(F)F)CC3)cn1. The Morgan fingerprint density at radius 2 is 2.12 bits per heavy atom. The van der Waals surface area contributed by atoms with E-state index in [-0.39, 0.29) is 13.0 Å². The van der Waals surface area contributed by atoms with Crippen LogP contribution in [0.2, 0.25) is 0 Å². The van der Waals surface area contributed by atoms with E-state index in [1.807, 2.05) is 10.9 Å². The average molecular weight is 342 g/mol. The number of aryl methyl sites for hydroxylation is 2. The fourth-order valence-electron chi connectivity index (χ4n) is 2.95. The van der Waals surface area contributed by atoms with Crippen LogP contribution in [0.5, 0.6) is 0 Å². The molecule has 0 aromatic carbocycles.